The second-order valence-corrected chi connectivity index (χ2v) is 10.0. The minimum atomic E-state index is 1.13. The van der Waals surface area contributed by atoms with Crippen LogP contribution in [0.15, 0.2) is 97.1 Å². The van der Waals surface area contributed by atoms with E-state index in [9.17, 15) is 0 Å². The van der Waals surface area contributed by atoms with Gasteiger partial charge in [-0.15, -0.1) is 22.7 Å². The molecule has 0 aliphatic carbocycles. The smallest absolute Gasteiger partial charge is 0.0433 e. The highest BCUT2D eigenvalue weighted by atomic mass is 32.1. The highest BCUT2D eigenvalue weighted by Crippen LogP contribution is 2.40. The van der Waals surface area contributed by atoms with E-state index >= 15 is 0 Å². The molecule has 0 aliphatic heterocycles. The molecule has 2 aromatic heterocycles. The summed E-state index contributed by atoms with van der Waals surface area (Å²) >= 11 is 3.74. The van der Waals surface area contributed by atoms with Crippen LogP contribution in [0.1, 0.15) is 0 Å². The van der Waals surface area contributed by atoms with Crippen LogP contribution in [0.2, 0.25) is 0 Å². The van der Waals surface area contributed by atoms with Crippen LogP contribution >= 0.6 is 22.7 Å². The number of hydrogen-bond donors (Lipinski definition) is 1. The quantitative estimate of drug-likeness (QED) is 0.287. The first-order chi connectivity index (χ1) is 15.3. The second-order valence-electron chi connectivity index (χ2n) is 7.91. The molecule has 7 aromatic rings. The minimum absolute atomic E-state index is 1.13. The fraction of sp³-hybridized carbons (Fsp3) is 0. The molecule has 3 heteroatoms. The molecule has 0 saturated carbocycles. The van der Waals surface area contributed by atoms with Gasteiger partial charge in [-0.3, -0.25) is 0 Å². The van der Waals surface area contributed by atoms with Gasteiger partial charge in [0.2, 0.25) is 0 Å². The van der Waals surface area contributed by atoms with Crippen LogP contribution in [-0.2, 0) is 0 Å². The van der Waals surface area contributed by atoms with Gasteiger partial charge in [-0.05, 0) is 41.1 Å². The van der Waals surface area contributed by atoms with Crippen molar-refractivity contribution in [3.8, 4) is 0 Å². The van der Waals surface area contributed by atoms with Crippen molar-refractivity contribution in [3.63, 3.8) is 0 Å². The van der Waals surface area contributed by atoms with E-state index in [1.54, 1.807) is 0 Å². The maximum atomic E-state index is 3.63. The normalized spacial score (nSPS) is 11.9. The zero-order valence-corrected chi connectivity index (χ0v) is 18.2. The van der Waals surface area contributed by atoms with Crippen LogP contribution in [0, 0.1) is 0 Å². The Morgan fingerprint density at radius 3 is 1.90 bits per heavy atom. The molecule has 0 fully saturated rings. The van der Waals surface area contributed by atoms with E-state index in [4.69, 9.17) is 0 Å². The molecule has 146 valence electrons. The third-order valence-electron chi connectivity index (χ3n) is 6.03. The lowest BCUT2D eigenvalue weighted by molar-refractivity contribution is 1.61. The van der Waals surface area contributed by atoms with Gasteiger partial charge in [-0.1, -0.05) is 66.7 Å². The third-order valence-corrected chi connectivity index (χ3v) is 8.37. The average Bonchev–Trinajstić information content (AvgIpc) is 3.36. The Morgan fingerprint density at radius 2 is 1.06 bits per heavy atom. The summed E-state index contributed by atoms with van der Waals surface area (Å²) in [6.07, 6.45) is 0. The van der Waals surface area contributed by atoms with Crippen molar-refractivity contribution >= 4 is 85.2 Å². The summed E-state index contributed by atoms with van der Waals surface area (Å²) < 4.78 is 5.35. The number of thiophene rings is 2. The van der Waals surface area contributed by atoms with Gasteiger partial charge in [0.25, 0.3) is 0 Å². The van der Waals surface area contributed by atoms with Crippen LogP contribution in [0.25, 0.3) is 51.1 Å². The number of nitrogens with one attached hydrogen (secondary N) is 1. The summed E-state index contributed by atoms with van der Waals surface area (Å²) in [6.45, 7) is 0. The molecule has 31 heavy (non-hydrogen) atoms. The monoisotopic (exact) mass is 431 g/mol. The average molecular weight is 432 g/mol. The van der Waals surface area contributed by atoms with Gasteiger partial charge in [-0.2, -0.15) is 0 Å². The van der Waals surface area contributed by atoms with Gasteiger partial charge in [0, 0.05) is 51.7 Å². The first kappa shape index (κ1) is 17.3. The maximum Gasteiger partial charge on any atom is 0.0433 e. The number of hydrogen-bond acceptors (Lipinski definition) is 3. The van der Waals surface area contributed by atoms with Crippen molar-refractivity contribution in [2.24, 2.45) is 0 Å². The van der Waals surface area contributed by atoms with E-state index in [2.05, 4.69) is 102 Å². The standard InChI is InChI=1S/C28H17NS2/c1-2-6-20-17(5-1)9-12-24-23-14-11-19(16-27(23)31-28(20)24)29-18-10-13-22-21-7-3-4-8-25(21)30-26(22)15-18/h1-16,29H. The van der Waals surface area contributed by atoms with E-state index < -0.39 is 0 Å². The largest absolute Gasteiger partial charge is 0.355 e. The Kier molecular flexibility index (Phi) is 3.65. The molecule has 0 saturated heterocycles. The van der Waals surface area contributed by atoms with Gasteiger partial charge in [0.1, 0.15) is 0 Å². The van der Waals surface area contributed by atoms with Crippen molar-refractivity contribution in [1.82, 2.24) is 0 Å². The Balaban J connectivity index is 1.32. The summed E-state index contributed by atoms with van der Waals surface area (Å²) in [5, 5.41) is 11.6. The Hall–Kier alpha value is -3.40. The van der Waals surface area contributed by atoms with Crippen LogP contribution in [-0.4, -0.2) is 0 Å². The first-order valence-electron chi connectivity index (χ1n) is 10.4. The molecule has 0 bridgehead atoms. The maximum absolute atomic E-state index is 3.63. The Labute approximate surface area is 187 Å². The molecule has 0 aliphatic rings. The molecule has 0 radical (unpaired) electrons. The number of rotatable bonds is 2. The number of benzene rings is 5. The Bertz CT molecular complexity index is 1770. The van der Waals surface area contributed by atoms with Gasteiger partial charge in [0.15, 0.2) is 0 Å². The number of anilines is 2. The van der Waals surface area contributed by atoms with E-state index in [-0.39, 0.29) is 0 Å². The highest BCUT2D eigenvalue weighted by molar-refractivity contribution is 7.26. The molecule has 1 nitrogen and oxygen atoms in total. The molecule has 0 unspecified atom stereocenters. The van der Waals surface area contributed by atoms with Crippen LogP contribution in [0.5, 0.6) is 0 Å². The summed E-state index contributed by atoms with van der Waals surface area (Å²) in [5.41, 5.74) is 2.26. The van der Waals surface area contributed by atoms with E-state index in [1.165, 1.54) is 51.1 Å². The molecule has 0 amide bonds. The molecular weight excluding hydrogens is 414 g/mol. The summed E-state index contributed by atoms with van der Waals surface area (Å²) in [6, 6.07) is 35.2. The lowest BCUT2D eigenvalue weighted by Crippen LogP contribution is -1.89. The SMILES string of the molecule is c1ccc2c(c1)ccc1c3ccc(Nc4ccc5c(c4)sc4ccccc45)cc3sc21. The van der Waals surface area contributed by atoms with Crippen LogP contribution in [0.4, 0.5) is 11.4 Å². The van der Waals surface area contributed by atoms with Crippen LogP contribution < -0.4 is 5.32 Å². The molecule has 0 atom stereocenters. The lowest BCUT2D eigenvalue weighted by atomic mass is 10.1. The van der Waals surface area contributed by atoms with Gasteiger partial charge in [0.05, 0.1) is 0 Å². The predicted octanol–water partition coefficient (Wildman–Crippen LogP) is 9.32. The van der Waals surface area contributed by atoms with E-state index in [0.29, 0.717) is 0 Å². The molecule has 7 rings (SSSR count). The first-order valence-corrected chi connectivity index (χ1v) is 12.0. The van der Waals surface area contributed by atoms with E-state index in [1.807, 2.05) is 22.7 Å². The van der Waals surface area contributed by atoms with Crippen LogP contribution in [0.3, 0.4) is 0 Å². The molecule has 0 spiro atoms. The fourth-order valence-electron chi connectivity index (χ4n) is 4.55. The van der Waals surface area contributed by atoms with Gasteiger partial charge in [-0.25, -0.2) is 0 Å². The van der Waals surface area contributed by atoms with Crippen molar-refractivity contribution < 1.29 is 0 Å². The van der Waals surface area contributed by atoms with Gasteiger partial charge < -0.3 is 5.32 Å². The second kappa shape index (κ2) is 6.55. The van der Waals surface area contributed by atoms with Gasteiger partial charge >= 0.3 is 0 Å². The summed E-state index contributed by atoms with van der Waals surface area (Å²) in [4.78, 5) is 0. The fourth-order valence-corrected chi connectivity index (χ4v) is 6.98. The minimum Gasteiger partial charge on any atom is -0.355 e. The highest BCUT2D eigenvalue weighted by Gasteiger charge is 2.10. The third kappa shape index (κ3) is 2.67. The summed E-state index contributed by atoms with van der Waals surface area (Å²) in [5.74, 6) is 0. The lowest BCUT2D eigenvalue weighted by Gasteiger charge is -2.07. The van der Waals surface area contributed by atoms with Crippen molar-refractivity contribution in [2.45, 2.75) is 0 Å². The number of fused-ring (bicyclic) bond motifs is 8. The van der Waals surface area contributed by atoms with E-state index in [0.717, 1.165) is 11.4 Å². The van der Waals surface area contributed by atoms with Crippen molar-refractivity contribution in [2.75, 3.05) is 5.32 Å². The Morgan fingerprint density at radius 1 is 0.452 bits per heavy atom. The zero-order chi connectivity index (χ0) is 20.4. The van der Waals surface area contributed by atoms with Crippen molar-refractivity contribution in [3.05, 3.63) is 97.1 Å². The summed E-state index contributed by atoms with van der Waals surface area (Å²) in [7, 11) is 0. The molecular formula is C28H17NS2. The predicted molar refractivity (Wildman–Crippen MR) is 139 cm³/mol. The zero-order valence-electron chi connectivity index (χ0n) is 16.6. The topological polar surface area (TPSA) is 12.0 Å². The molecule has 1 N–H and O–H groups in total. The molecule has 5 aromatic carbocycles. The molecule has 2 heterocycles. The van der Waals surface area contributed by atoms with Crippen molar-refractivity contribution in [1.29, 1.82) is 0 Å².